The van der Waals surface area contributed by atoms with Crippen LogP contribution in [0.4, 0.5) is 4.79 Å². The molecule has 86 valence electrons. The number of rotatable bonds is 4. The summed E-state index contributed by atoms with van der Waals surface area (Å²) in [6.07, 6.45) is 1.40. The van der Waals surface area contributed by atoms with Crippen LogP contribution in [0.1, 0.15) is 33.6 Å². The smallest absolute Gasteiger partial charge is 0.325 e. The average Bonchev–Trinajstić information content (AvgIpc) is 2.34. The second-order valence-electron chi connectivity index (χ2n) is 4.37. The number of nitrogens with two attached hydrogens (primary N) is 1. The van der Waals surface area contributed by atoms with Crippen LogP contribution in [0.15, 0.2) is 0 Å². The molecule has 0 aromatic heterocycles. The van der Waals surface area contributed by atoms with Gasteiger partial charge in [-0.1, -0.05) is 6.92 Å². The third-order valence-electron chi connectivity index (χ3n) is 2.73. The van der Waals surface area contributed by atoms with Crippen molar-refractivity contribution in [1.82, 2.24) is 10.2 Å². The van der Waals surface area contributed by atoms with E-state index in [1.807, 2.05) is 6.92 Å². The first-order valence-electron chi connectivity index (χ1n) is 5.30. The lowest BCUT2D eigenvalue weighted by Gasteiger charge is -2.24. The molecule has 0 spiro atoms. The zero-order chi connectivity index (χ0) is 11.6. The molecule has 1 unspecified atom stereocenters. The van der Waals surface area contributed by atoms with E-state index in [1.165, 1.54) is 4.90 Å². The van der Waals surface area contributed by atoms with Crippen LogP contribution in [0.3, 0.4) is 0 Å². The summed E-state index contributed by atoms with van der Waals surface area (Å²) in [6, 6.07) is -0.380. The van der Waals surface area contributed by atoms with Crippen LogP contribution in [0.5, 0.6) is 0 Å². The van der Waals surface area contributed by atoms with Gasteiger partial charge in [-0.2, -0.15) is 0 Å². The number of amides is 3. The summed E-state index contributed by atoms with van der Waals surface area (Å²) in [5.74, 6) is -0.159. The maximum atomic E-state index is 11.9. The van der Waals surface area contributed by atoms with Crippen LogP contribution in [-0.4, -0.2) is 35.0 Å². The van der Waals surface area contributed by atoms with Crippen LogP contribution in [0.25, 0.3) is 0 Å². The molecule has 1 atom stereocenters. The van der Waals surface area contributed by atoms with Gasteiger partial charge in [0.25, 0.3) is 5.91 Å². The quantitative estimate of drug-likeness (QED) is 0.665. The molecule has 1 heterocycles. The Hall–Kier alpha value is -1.10. The maximum Gasteiger partial charge on any atom is 0.325 e. The minimum Gasteiger partial charge on any atom is -0.330 e. The van der Waals surface area contributed by atoms with E-state index in [0.717, 1.165) is 6.42 Å². The van der Waals surface area contributed by atoms with Gasteiger partial charge >= 0.3 is 6.03 Å². The monoisotopic (exact) mass is 213 g/mol. The fourth-order valence-electron chi connectivity index (χ4n) is 1.81. The van der Waals surface area contributed by atoms with Crippen LogP contribution in [0.2, 0.25) is 0 Å². The summed E-state index contributed by atoms with van der Waals surface area (Å²) in [5, 5.41) is 2.66. The molecular formula is C10H19N3O2. The second kappa shape index (κ2) is 4.18. The molecule has 3 N–H and O–H groups in total. The Morgan fingerprint density at radius 3 is 2.40 bits per heavy atom. The van der Waals surface area contributed by atoms with Crippen LogP contribution in [-0.2, 0) is 4.79 Å². The number of carbonyl (C=O) groups is 2. The zero-order valence-electron chi connectivity index (χ0n) is 9.54. The Balaban J connectivity index is 2.85. The highest BCUT2D eigenvalue weighted by Gasteiger charge is 2.46. The highest BCUT2D eigenvalue weighted by molar-refractivity contribution is 6.06. The molecule has 3 amide bonds. The number of carbonyl (C=O) groups excluding carboxylic acids is 2. The SMILES string of the molecule is CCC(CCN)N1C(=O)NC(C)(C)C1=O. The van der Waals surface area contributed by atoms with Crippen LogP contribution < -0.4 is 11.1 Å². The van der Waals surface area contributed by atoms with Gasteiger partial charge in [0.05, 0.1) is 0 Å². The van der Waals surface area contributed by atoms with Gasteiger partial charge in [-0.3, -0.25) is 9.69 Å². The zero-order valence-corrected chi connectivity index (χ0v) is 9.54. The molecule has 1 fully saturated rings. The van der Waals surface area contributed by atoms with E-state index < -0.39 is 5.54 Å². The van der Waals surface area contributed by atoms with Crippen molar-refractivity contribution in [1.29, 1.82) is 0 Å². The van der Waals surface area contributed by atoms with Gasteiger partial charge in [0, 0.05) is 6.04 Å². The number of hydrogen-bond acceptors (Lipinski definition) is 3. The van der Waals surface area contributed by atoms with Crippen molar-refractivity contribution in [2.24, 2.45) is 5.73 Å². The molecule has 1 saturated heterocycles. The van der Waals surface area contributed by atoms with Gasteiger partial charge in [-0.15, -0.1) is 0 Å². The predicted octanol–water partition coefficient (Wildman–Crippen LogP) is 0.444. The molecule has 15 heavy (non-hydrogen) atoms. The topological polar surface area (TPSA) is 75.4 Å². The highest BCUT2D eigenvalue weighted by atomic mass is 16.2. The first-order chi connectivity index (χ1) is 6.94. The number of nitrogens with one attached hydrogen (secondary N) is 1. The van der Waals surface area contributed by atoms with E-state index in [0.29, 0.717) is 13.0 Å². The Labute approximate surface area is 90.0 Å². The van der Waals surface area contributed by atoms with E-state index in [1.54, 1.807) is 13.8 Å². The van der Waals surface area contributed by atoms with Gasteiger partial charge in [-0.25, -0.2) is 4.79 Å². The molecule has 0 aliphatic carbocycles. The van der Waals surface area contributed by atoms with Gasteiger partial charge in [0.1, 0.15) is 5.54 Å². The molecule has 0 radical (unpaired) electrons. The lowest BCUT2D eigenvalue weighted by molar-refractivity contribution is -0.131. The van der Waals surface area contributed by atoms with E-state index in [9.17, 15) is 9.59 Å². The molecular weight excluding hydrogens is 194 g/mol. The molecule has 1 aliphatic rings. The van der Waals surface area contributed by atoms with Crippen LogP contribution >= 0.6 is 0 Å². The summed E-state index contributed by atoms with van der Waals surface area (Å²) in [7, 11) is 0. The van der Waals surface area contributed by atoms with Crippen molar-refractivity contribution in [3.8, 4) is 0 Å². The van der Waals surface area contributed by atoms with Crippen molar-refractivity contribution in [2.45, 2.75) is 45.2 Å². The molecule has 0 saturated carbocycles. The van der Waals surface area contributed by atoms with Gasteiger partial charge in [0.2, 0.25) is 0 Å². The molecule has 1 aliphatic heterocycles. The van der Waals surface area contributed by atoms with E-state index in [2.05, 4.69) is 5.32 Å². The van der Waals surface area contributed by atoms with Gasteiger partial charge < -0.3 is 11.1 Å². The summed E-state index contributed by atoms with van der Waals surface area (Å²) in [5.41, 5.74) is 4.68. The molecule has 0 bridgehead atoms. The first kappa shape index (κ1) is 12.0. The Bertz CT molecular complexity index is 276. The van der Waals surface area contributed by atoms with E-state index >= 15 is 0 Å². The van der Waals surface area contributed by atoms with Crippen molar-refractivity contribution in [2.75, 3.05) is 6.54 Å². The first-order valence-corrected chi connectivity index (χ1v) is 5.30. The average molecular weight is 213 g/mol. The summed E-state index contributed by atoms with van der Waals surface area (Å²) in [4.78, 5) is 24.9. The van der Waals surface area contributed by atoms with Gasteiger partial charge in [-0.05, 0) is 33.2 Å². The molecule has 1 rings (SSSR count). The normalized spacial score (nSPS) is 21.7. The fraction of sp³-hybridized carbons (Fsp3) is 0.800. The van der Waals surface area contributed by atoms with Crippen molar-refractivity contribution >= 4 is 11.9 Å². The Kier molecular flexibility index (Phi) is 3.34. The number of urea groups is 1. The third kappa shape index (κ3) is 2.12. The summed E-state index contributed by atoms with van der Waals surface area (Å²) < 4.78 is 0. The number of nitrogens with zero attached hydrogens (tertiary/aromatic N) is 1. The van der Waals surface area contributed by atoms with Gasteiger partial charge in [0.15, 0.2) is 0 Å². The summed E-state index contributed by atoms with van der Waals surface area (Å²) in [6.45, 7) is 5.85. The number of imide groups is 1. The van der Waals surface area contributed by atoms with E-state index in [-0.39, 0.29) is 18.0 Å². The Morgan fingerprint density at radius 2 is 2.07 bits per heavy atom. The lowest BCUT2D eigenvalue weighted by atomic mass is 10.0. The standard InChI is InChI=1S/C10H19N3O2/c1-4-7(5-6-11)13-8(14)10(2,3)12-9(13)15/h7H,4-6,11H2,1-3H3,(H,12,15). The van der Waals surface area contributed by atoms with Crippen molar-refractivity contribution < 1.29 is 9.59 Å². The number of hydrogen-bond donors (Lipinski definition) is 2. The minimum absolute atomic E-state index is 0.0794. The molecule has 0 aromatic rings. The minimum atomic E-state index is -0.779. The van der Waals surface area contributed by atoms with Crippen LogP contribution in [0, 0.1) is 0 Å². The molecule has 5 heteroatoms. The molecule has 0 aromatic carbocycles. The van der Waals surface area contributed by atoms with E-state index in [4.69, 9.17) is 5.73 Å². The Morgan fingerprint density at radius 1 is 1.47 bits per heavy atom. The van der Waals surface area contributed by atoms with Crippen molar-refractivity contribution in [3.63, 3.8) is 0 Å². The predicted molar refractivity (Wildman–Crippen MR) is 57.2 cm³/mol. The maximum absolute atomic E-state index is 11.9. The summed E-state index contributed by atoms with van der Waals surface area (Å²) >= 11 is 0. The lowest BCUT2D eigenvalue weighted by Crippen LogP contribution is -2.43. The fourth-order valence-corrected chi connectivity index (χ4v) is 1.81. The second-order valence-corrected chi connectivity index (χ2v) is 4.37. The third-order valence-corrected chi connectivity index (χ3v) is 2.73. The highest BCUT2D eigenvalue weighted by Crippen LogP contribution is 2.21. The molecule has 5 nitrogen and oxygen atoms in total. The van der Waals surface area contributed by atoms with Crippen molar-refractivity contribution in [3.05, 3.63) is 0 Å². The largest absolute Gasteiger partial charge is 0.330 e.